The van der Waals surface area contributed by atoms with E-state index in [-0.39, 0.29) is 17.5 Å². The Morgan fingerprint density at radius 1 is 1.09 bits per heavy atom. The Hall–Kier alpha value is -3.28. The molecule has 1 saturated heterocycles. The van der Waals surface area contributed by atoms with E-state index in [2.05, 4.69) is 25.6 Å². The highest BCUT2D eigenvalue weighted by Crippen LogP contribution is 2.32. The molecule has 5 rings (SSSR count). The van der Waals surface area contributed by atoms with Crippen LogP contribution in [0.1, 0.15) is 29.8 Å². The number of amides is 1. The van der Waals surface area contributed by atoms with Gasteiger partial charge in [0.2, 0.25) is 5.91 Å². The molecule has 1 fully saturated rings. The minimum absolute atomic E-state index is 0.0293. The first-order valence-electron chi connectivity index (χ1n) is 10.4. The van der Waals surface area contributed by atoms with E-state index in [1.807, 2.05) is 30.9 Å². The van der Waals surface area contributed by atoms with Crippen LogP contribution in [-0.2, 0) is 11.0 Å². The number of carbonyl (C=O) groups excluding carboxylic acids is 1. The molecule has 12 heteroatoms. The average molecular weight is 476 g/mol. The van der Waals surface area contributed by atoms with Crippen LogP contribution in [0.2, 0.25) is 0 Å². The molecule has 1 amide bonds. The molecule has 1 N–H and O–H groups in total. The van der Waals surface area contributed by atoms with Gasteiger partial charge in [0.1, 0.15) is 5.82 Å². The summed E-state index contributed by atoms with van der Waals surface area (Å²) in [6.07, 6.45) is -3.53. The van der Waals surface area contributed by atoms with Gasteiger partial charge in [-0.05, 0) is 49.9 Å². The topological polar surface area (TPSA) is 88.3 Å². The van der Waals surface area contributed by atoms with Gasteiger partial charge in [-0.25, -0.2) is 4.98 Å². The Balaban J connectivity index is 1.27. The van der Waals surface area contributed by atoms with Crippen LogP contribution in [0.15, 0.2) is 24.3 Å². The Morgan fingerprint density at radius 2 is 1.82 bits per heavy atom. The molecule has 0 saturated carbocycles. The molecule has 4 aromatic rings. The number of thiazole rings is 1. The van der Waals surface area contributed by atoms with Gasteiger partial charge in [0, 0.05) is 19.0 Å². The van der Waals surface area contributed by atoms with E-state index >= 15 is 0 Å². The minimum Gasteiger partial charge on any atom is -0.355 e. The summed E-state index contributed by atoms with van der Waals surface area (Å²) in [6, 6.07) is 7.14. The van der Waals surface area contributed by atoms with E-state index < -0.39 is 12.0 Å². The van der Waals surface area contributed by atoms with Crippen LogP contribution in [0.25, 0.3) is 15.9 Å². The predicted molar refractivity (Wildman–Crippen MR) is 118 cm³/mol. The van der Waals surface area contributed by atoms with Gasteiger partial charge in [-0.15, -0.1) is 15.3 Å². The molecule has 0 aliphatic carbocycles. The summed E-state index contributed by atoms with van der Waals surface area (Å²) >= 11 is 1.46. The summed E-state index contributed by atoms with van der Waals surface area (Å²) in [5, 5.41) is 14.3. The van der Waals surface area contributed by atoms with Crippen LogP contribution in [-0.4, -0.2) is 43.8 Å². The van der Waals surface area contributed by atoms with Gasteiger partial charge in [-0.3, -0.25) is 4.79 Å². The quantitative estimate of drug-likeness (QED) is 0.477. The van der Waals surface area contributed by atoms with Gasteiger partial charge in [0.15, 0.2) is 10.8 Å². The number of piperidine rings is 1. The molecule has 0 spiro atoms. The van der Waals surface area contributed by atoms with Crippen molar-refractivity contribution in [3.63, 3.8) is 0 Å². The SMILES string of the molecule is Cc1ccc(C)c2sc(NC(=O)C3CCN(c4ccc5nnc(C(F)(F)F)n5n4)CC3)nc12. The van der Waals surface area contributed by atoms with Crippen molar-refractivity contribution in [1.82, 2.24) is 24.8 Å². The lowest BCUT2D eigenvalue weighted by Gasteiger charge is -2.31. The van der Waals surface area contributed by atoms with Crippen LogP contribution in [0.3, 0.4) is 0 Å². The first kappa shape index (κ1) is 21.6. The Morgan fingerprint density at radius 3 is 2.52 bits per heavy atom. The van der Waals surface area contributed by atoms with Gasteiger partial charge in [0.25, 0.3) is 5.82 Å². The van der Waals surface area contributed by atoms with Crippen LogP contribution in [0.4, 0.5) is 24.1 Å². The lowest BCUT2D eigenvalue weighted by atomic mass is 9.96. The largest absolute Gasteiger partial charge is 0.453 e. The lowest BCUT2D eigenvalue weighted by molar-refractivity contribution is -0.146. The van der Waals surface area contributed by atoms with Crippen molar-refractivity contribution in [3.8, 4) is 0 Å². The molecule has 1 aliphatic heterocycles. The smallest absolute Gasteiger partial charge is 0.355 e. The molecule has 1 aromatic carbocycles. The molecule has 8 nitrogen and oxygen atoms in total. The number of nitrogens with zero attached hydrogens (tertiary/aromatic N) is 6. The zero-order chi connectivity index (χ0) is 23.3. The van der Waals surface area contributed by atoms with Gasteiger partial charge < -0.3 is 10.2 Å². The zero-order valence-electron chi connectivity index (χ0n) is 17.8. The lowest BCUT2D eigenvalue weighted by Crippen LogP contribution is -2.38. The molecule has 4 heterocycles. The number of alkyl halides is 3. The number of hydrogen-bond acceptors (Lipinski definition) is 7. The van der Waals surface area contributed by atoms with Crippen molar-refractivity contribution in [2.45, 2.75) is 32.9 Å². The number of fused-ring (bicyclic) bond motifs is 2. The second-order valence-corrected chi connectivity index (χ2v) is 9.13. The Labute approximate surface area is 190 Å². The molecule has 33 heavy (non-hydrogen) atoms. The number of aromatic nitrogens is 5. The fourth-order valence-electron chi connectivity index (χ4n) is 4.02. The Bertz CT molecular complexity index is 1320. The second-order valence-electron chi connectivity index (χ2n) is 8.13. The van der Waals surface area contributed by atoms with Crippen LogP contribution in [0, 0.1) is 19.8 Å². The summed E-state index contributed by atoms with van der Waals surface area (Å²) in [5.74, 6) is -1.07. The van der Waals surface area contributed by atoms with Crippen molar-refractivity contribution < 1.29 is 18.0 Å². The number of halogens is 3. The van der Waals surface area contributed by atoms with Crippen LogP contribution >= 0.6 is 11.3 Å². The number of carbonyl (C=O) groups is 1. The standard InChI is InChI=1S/C21H20F3N7OS/c1-11-3-4-12(2)17-16(11)25-20(33-17)26-18(32)13-7-9-30(10-8-13)15-6-5-14-27-28-19(21(22,23)24)31(14)29-15/h3-6,13H,7-10H2,1-2H3,(H,25,26,32). The van der Waals surface area contributed by atoms with Gasteiger partial charge in [-0.2, -0.15) is 17.7 Å². The maximum Gasteiger partial charge on any atom is 0.453 e. The van der Waals surface area contributed by atoms with Crippen molar-refractivity contribution in [1.29, 1.82) is 0 Å². The predicted octanol–water partition coefficient (Wildman–Crippen LogP) is 4.22. The summed E-state index contributed by atoms with van der Waals surface area (Å²) in [4.78, 5) is 19.3. The monoisotopic (exact) mass is 475 g/mol. The third kappa shape index (κ3) is 3.99. The molecular formula is C21H20F3N7OS. The molecule has 0 bridgehead atoms. The van der Waals surface area contributed by atoms with E-state index in [4.69, 9.17) is 0 Å². The van der Waals surface area contributed by atoms with Crippen molar-refractivity contribution in [2.24, 2.45) is 5.92 Å². The molecule has 0 radical (unpaired) electrons. The van der Waals surface area contributed by atoms with Gasteiger partial charge in [0.05, 0.1) is 10.2 Å². The van der Waals surface area contributed by atoms with Crippen molar-refractivity contribution >= 4 is 44.1 Å². The minimum atomic E-state index is -4.65. The summed E-state index contributed by atoms with van der Waals surface area (Å²) in [6.45, 7) is 5.01. The molecule has 172 valence electrons. The zero-order valence-corrected chi connectivity index (χ0v) is 18.7. The van der Waals surface area contributed by atoms with E-state index in [0.717, 1.165) is 21.3 Å². The molecule has 0 unspecified atom stereocenters. The van der Waals surface area contributed by atoms with E-state index in [1.165, 1.54) is 17.4 Å². The summed E-state index contributed by atoms with van der Waals surface area (Å²) in [5.41, 5.74) is 3.11. The second kappa shape index (κ2) is 7.94. The van der Waals surface area contributed by atoms with Gasteiger partial charge >= 0.3 is 6.18 Å². The van der Waals surface area contributed by atoms with Crippen LogP contribution in [0.5, 0.6) is 0 Å². The average Bonchev–Trinajstić information content (AvgIpc) is 3.41. The third-order valence-electron chi connectivity index (χ3n) is 5.86. The number of nitrogens with one attached hydrogen (secondary N) is 1. The number of benzene rings is 1. The molecule has 3 aromatic heterocycles. The first-order valence-corrected chi connectivity index (χ1v) is 11.2. The van der Waals surface area contributed by atoms with Crippen LogP contribution < -0.4 is 10.2 Å². The summed E-state index contributed by atoms with van der Waals surface area (Å²) in [7, 11) is 0. The Kier molecular flexibility index (Phi) is 5.19. The normalized spacial score (nSPS) is 15.5. The van der Waals surface area contributed by atoms with Crippen molar-refractivity contribution in [3.05, 3.63) is 41.2 Å². The summed E-state index contributed by atoms with van der Waals surface area (Å²) < 4.78 is 41.2. The third-order valence-corrected chi connectivity index (χ3v) is 6.97. The highest BCUT2D eigenvalue weighted by atomic mass is 32.1. The number of hydrogen-bond donors (Lipinski definition) is 1. The van der Waals surface area contributed by atoms with E-state index in [0.29, 0.717) is 41.4 Å². The fourth-order valence-corrected chi connectivity index (χ4v) is 5.03. The fraction of sp³-hybridized carbons (Fsp3) is 0.381. The maximum absolute atomic E-state index is 13.1. The molecule has 1 aliphatic rings. The van der Waals surface area contributed by atoms with E-state index in [9.17, 15) is 18.0 Å². The molecule has 0 atom stereocenters. The highest BCUT2D eigenvalue weighted by Gasteiger charge is 2.38. The van der Waals surface area contributed by atoms with Crippen molar-refractivity contribution in [2.75, 3.05) is 23.3 Å². The van der Waals surface area contributed by atoms with Gasteiger partial charge in [-0.1, -0.05) is 23.5 Å². The molecular weight excluding hydrogens is 455 g/mol. The number of rotatable bonds is 3. The highest BCUT2D eigenvalue weighted by molar-refractivity contribution is 7.22. The van der Waals surface area contributed by atoms with E-state index in [1.54, 1.807) is 6.07 Å². The maximum atomic E-state index is 13.1. The number of aryl methyl sites for hydroxylation is 2. The first-order chi connectivity index (χ1) is 15.7. The number of anilines is 2.